The summed E-state index contributed by atoms with van der Waals surface area (Å²) in [6, 6.07) is 14.9. The fourth-order valence-electron chi connectivity index (χ4n) is 6.07. The van der Waals surface area contributed by atoms with Gasteiger partial charge in [-0.2, -0.15) is 0 Å². The second-order valence-electron chi connectivity index (χ2n) is 13.4. The summed E-state index contributed by atoms with van der Waals surface area (Å²) in [5.41, 5.74) is 2.34. The van der Waals surface area contributed by atoms with Crippen molar-refractivity contribution in [3.63, 3.8) is 0 Å². The van der Waals surface area contributed by atoms with Crippen molar-refractivity contribution in [2.45, 2.75) is 51.9 Å². The number of imidazole rings is 1. The first kappa shape index (κ1) is 32.9. The molecular weight excluding hydrogens is 618 g/mol. The van der Waals surface area contributed by atoms with Gasteiger partial charge in [0.15, 0.2) is 11.6 Å². The molecule has 0 aliphatic carbocycles. The molecule has 0 radical (unpaired) electrons. The largest absolute Gasteiger partial charge is 0.481 e. The minimum absolute atomic E-state index is 0.00703. The smallest absolute Gasteiger partial charge is 0.303 e. The summed E-state index contributed by atoms with van der Waals surface area (Å²) in [7, 11) is 0. The SMILES string of the molecule is CC1(C)CNC(=O)CCc2c(c(F)cc3[nH]ccc23)Oc2ccc(F)c(c2)-c2ncc([nH]2)C(C)(c2cccc(CCC(=O)O)c2)COC1. The third kappa shape index (κ3) is 6.96. The number of rotatable bonds is 4. The lowest BCUT2D eigenvalue weighted by atomic mass is 9.79. The molecule has 0 fully saturated rings. The van der Waals surface area contributed by atoms with Crippen LogP contribution in [0.1, 0.15) is 56.0 Å². The zero-order valence-electron chi connectivity index (χ0n) is 27.1. The highest BCUT2D eigenvalue weighted by Gasteiger charge is 2.34. The summed E-state index contributed by atoms with van der Waals surface area (Å²) < 4.78 is 43.4. The van der Waals surface area contributed by atoms with Gasteiger partial charge in [-0.3, -0.25) is 9.59 Å². The summed E-state index contributed by atoms with van der Waals surface area (Å²) in [5, 5.41) is 13.0. The molecule has 1 amide bonds. The van der Waals surface area contributed by atoms with E-state index < -0.39 is 28.4 Å². The van der Waals surface area contributed by atoms with E-state index in [9.17, 15) is 14.7 Å². The monoisotopic (exact) mass is 656 g/mol. The second-order valence-corrected chi connectivity index (χ2v) is 13.4. The molecule has 1 aliphatic rings. The van der Waals surface area contributed by atoms with Gasteiger partial charge in [0.25, 0.3) is 0 Å². The molecule has 48 heavy (non-hydrogen) atoms. The first-order valence-corrected chi connectivity index (χ1v) is 15.9. The lowest BCUT2D eigenvalue weighted by Crippen LogP contribution is -2.38. The molecule has 0 saturated heterocycles. The molecule has 0 spiro atoms. The maximum atomic E-state index is 15.6. The van der Waals surface area contributed by atoms with Gasteiger partial charge in [-0.1, -0.05) is 38.1 Å². The quantitative estimate of drug-likeness (QED) is 0.164. The number of aliphatic carboxylic acids is 1. The van der Waals surface area contributed by atoms with E-state index in [2.05, 4.69) is 20.3 Å². The number of hydrogen-bond acceptors (Lipinski definition) is 5. The van der Waals surface area contributed by atoms with Crippen molar-refractivity contribution in [2.24, 2.45) is 5.41 Å². The summed E-state index contributed by atoms with van der Waals surface area (Å²) in [6.07, 6.45) is 3.99. The van der Waals surface area contributed by atoms with Crippen LogP contribution >= 0.6 is 0 Å². The Balaban J connectivity index is 1.44. The fourth-order valence-corrected chi connectivity index (χ4v) is 6.07. The third-order valence-corrected chi connectivity index (χ3v) is 8.89. The van der Waals surface area contributed by atoms with Crippen molar-refractivity contribution in [3.8, 4) is 22.9 Å². The van der Waals surface area contributed by atoms with Crippen molar-refractivity contribution in [1.82, 2.24) is 20.3 Å². The molecule has 1 aliphatic heterocycles. The molecule has 250 valence electrons. The van der Waals surface area contributed by atoms with Crippen LogP contribution in [-0.2, 0) is 32.6 Å². The highest BCUT2D eigenvalue weighted by atomic mass is 19.1. The minimum Gasteiger partial charge on any atom is -0.481 e. The number of aromatic nitrogens is 3. The van der Waals surface area contributed by atoms with E-state index >= 15 is 8.78 Å². The van der Waals surface area contributed by atoms with Crippen LogP contribution in [0.15, 0.2) is 67.0 Å². The molecule has 0 saturated carbocycles. The maximum Gasteiger partial charge on any atom is 0.303 e. The number of hydrogen-bond donors (Lipinski definition) is 4. The van der Waals surface area contributed by atoms with Crippen LogP contribution in [0, 0.1) is 17.0 Å². The number of nitrogens with zero attached hydrogens (tertiary/aromatic N) is 1. The Bertz CT molecular complexity index is 1980. The topological polar surface area (TPSA) is 129 Å². The Hall–Kier alpha value is -5.03. The minimum atomic E-state index is -0.883. The molecule has 4 bridgehead atoms. The molecule has 3 aromatic carbocycles. The molecule has 11 heteroatoms. The Kier molecular flexibility index (Phi) is 9.07. The molecule has 9 nitrogen and oxygen atoms in total. The summed E-state index contributed by atoms with van der Waals surface area (Å²) in [4.78, 5) is 35.2. The molecule has 5 aromatic rings. The zero-order chi connectivity index (χ0) is 34.1. The van der Waals surface area contributed by atoms with E-state index in [1.54, 1.807) is 12.4 Å². The number of carboxylic acid groups (broad SMARTS) is 1. The van der Waals surface area contributed by atoms with E-state index in [4.69, 9.17) is 9.47 Å². The summed E-state index contributed by atoms with van der Waals surface area (Å²) in [6.45, 7) is 6.83. The van der Waals surface area contributed by atoms with E-state index in [-0.39, 0.29) is 54.7 Å². The third-order valence-electron chi connectivity index (χ3n) is 8.89. The highest BCUT2D eigenvalue weighted by molar-refractivity contribution is 5.86. The second kappa shape index (κ2) is 13.2. The van der Waals surface area contributed by atoms with Crippen LogP contribution in [0.4, 0.5) is 8.78 Å². The number of aromatic amines is 2. The molecular formula is C37H38F2N4O5. The van der Waals surface area contributed by atoms with Gasteiger partial charge in [0, 0.05) is 65.4 Å². The average Bonchev–Trinajstić information content (AvgIpc) is 3.74. The molecule has 4 N–H and O–H groups in total. The van der Waals surface area contributed by atoms with Gasteiger partial charge in [0.2, 0.25) is 5.91 Å². The van der Waals surface area contributed by atoms with Crippen LogP contribution in [0.2, 0.25) is 0 Å². The molecule has 3 heterocycles. The van der Waals surface area contributed by atoms with Crippen LogP contribution in [0.25, 0.3) is 22.3 Å². The molecule has 1 unspecified atom stereocenters. The van der Waals surface area contributed by atoms with Gasteiger partial charge >= 0.3 is 5.97 Å². The van der Waals surface area contributed by atoms with E-state index in [0.717, 1.165) is 16.5 Å². The van der Waals surface area contributed by atoms with Crippen molar-refractivity contribution in [2.75, 3.05) is 19.8 Å². The van der Waals surface area contributed by atoms with Crippen LogP contribution in [-0.4, -0.2) is 51.7 Å². The number of halogens is 2. The van der Waals surface area contributed by atoms with Crippen LogP contribution in [0.5, 0.6) is 11.5 Å². The normalized spacial score (nSPS) is 18.6. The first-order chi connectivity index (χ1) is 22.9. The van der Waals surface area contributed by atoms with E-state index in [1.807, 2.05) is 51.1 Å². The summed E-state index contributed by atoms with van der Waals surface area (Å²) >= 11 is 0. The number of nitrogens with one attached hydrogen (secondary N) is 3. The van der Waals surface area contributed by atoms with Crippen LogP contribution < -0.4 is 10.1 Å². The number of carboxylic acids is 1. The van der Waals surface area contributed by atoms with Crippen molar-refractivity contribution in [3.05, 3.63) is 101 Å². The number of fused-ring (bicyclic) bond motifs is 8. The number of H-pyrrole nitrogens is 2. The number of ether oxygens (including phenoxy) is 2. The fraction of sp³-hybridized carbons (Fsp3) is 0.324. The number of aryl methyl sites for hydroxylation is 2. The van der Waals surface area contributed by atoms with Crippen molar-refractivity contribution in [1.29, 1.82) is 0 Å². The lowest BCUT2D eigenvalue weighted by molar-refractivity contribution is -0.137. The van der Waals surface area contributed by atoms with Crippen LogP contribution in [0.3, 0.4) is 0 Å². The van der Waals surface area contributed by atoms with Crippen molar-refractivity contribution < 1.29 is 33.0 Å². The van der Waals surface area contributed by atoms with E-state index in [0.29, 0.717) is 36.3 Å². The van der Waals surface area contributed by atoms with Gasteiger partial charge < -0.3 is 29.9 Å². The number of carbonyl (C=O) groups is 2. The first-order valence-electron chi connectivity index (χ1n) is 15.9. The Morgan fingerprint density at radius 1 is 1.02 bits per heavy atom. The van der Waals surface area contributed by atoms with Gasteiger partial charge in [0.1, 0.15) is 17.4 Å². The van der Waals surface area contributed by atoms with Crippen molar-refractivity contribution >= 4 is 22.8 Å². The maximum absolute atomic E-state index is 15.6. The van der Waals surface area contributed by atoms with E-state index in [1.165, 1.54) is 24.3 Å². The standard InChI is InChI=1S/C37H38F2N4O5/c1-36(2)19-42-32(44)11-9-26-25-13-14-40-30(25)17-29(39)34(26)48-24-8-10-28(38)27(16-24)35-41-18-31(43-35)37(3,21-47-20-36)23-6-4-5-22(15-23)7-12-33(45)46/h4-6,8,10,13-18,40H,7,9,11-12,19-21H2,1-3H3,(H,41,43)(H,42,44)(H,45,46). The predicted octanol–water partition coefficient (Wildman–Crippen LogP) is 7.06. The Morgan fingerprint density at radius 3 is 2.67 bits per heavy atom. The van der Waals surface area contributed by atoms with Gasteiger partial charge in [-0.15, -0.1) is 0 Å². The number of benzene rings is 3. The average molecular weight is 657 g/mol. The Labute approximate surface area is 276 Å². The Morgan fingerprint density at radius 2 is 1.85 bits per heavy atom. The van der Waals surface area contributed by atoms with Gasteiger partial charge in [-0.25, -0.2) is 13.8 Å². The zero-order valence-corrected chi connectivity index (χ0v) is 27.1. The van der Waals surface area contributed by atoms with Gasteiger partial charge in [0.05, 0.1) is 24.2 Å². The number of carbonyl (C=O) groups excluding carboxylic acids is 1. The highest BCUT2D eigenvalue weighted by Crippen LogP contribution is 2.38. The molecule has 2 aromatic heterocycles. The summed E-state index contributed by atoms with van der Waals surface area (Å²) in [5.74, 6) is -1.84. The lowest BCUT2D eigenvalue weighted by Gasteiger charge is -2.32. The molecule has 1 atom stereocenters. The van der Waals surface area contributed by atoms with Gasteiger partial charge in [-0.05, 0) is 55.2 Å². The predicted molar refractivity (Wildman–Crippen MR) is 177 cm³/mol. The number of amides is 1. The molecule has 6 rings (SSSR count).